The minimum Gasteiger partial charge on any atom is -0.493 e. The number of fused-ring (bicyclic) bond motifs is 3. The summed E-state index contributed by atoms with van der Waals surface area (Å²) in [6.07, 6.45) is 3.00. The van der Waals surface area contributed by atoms with E-state index in [-0.39, 0.29) is 42.8 Å². The third kappa shape index (κ3) is 7.09. The highest BCUT2D eigenvalue weighted by molar-refractivity contribution is 5.92. The van der Waals surface area contributed by atoms with Crippen LogP contribution >= 0.6 is 0 Å². The number of carbonyl (C=O) groups is 3. The first-order chi connectivity index (χ1) is 19.1. The molecule has 9 heteroatoms. The summed E-state index contributed by atoms with van der Waals surface area (Å²) in [5, 5.41) is 2.93. The molecule has 2 aromatic carbocycles. The van der Waals surface area contributed by atoms with Gasteiger partial charge >= 0.3 is 6.03 Å². The van der Waals surface area contributed by atoms with Crippen LogP contribution in [0.2, 0.25) is 0 Å². The molecular formula is C30H38N4O5. The van der Waals surface area contributed by atoms with Crippen LogP contribution in [0.4, 0.5) is 10.5 Å². The van der Waals surface area contributed by atoms with E-state index in [0.29, 0.717) is 58.1 Å². The predicted molar refractivity (Wildman–Crippen MR) is 147 cm³/mol. The molecule has 0 radical (unpaired) electrons. The Morgan fingerprint density at radius 2 is 1.64 bits per heavy atom. The Balaban J connectivity index is 1.33. The van der Waals surface area contributed by atoms with Crippen molar-refractivity contribution in [3.05, 3.63) is 60.2 Å². The van der Waals surface area contributed by atoms with Gasteiger partial charge in [0.2, 0.25) is 11.8 Å². The van der Waals surface area contributed by atoms with Crippen molar-refractivity contribution >= 4 is 23.5 Å². The van der Waals surface area contributed by atoms with Crippen molar-refractivity contribution in [3.63, 3.8) is 0 Å². The molecule has 2 bridgehead atoms. The number of nitrogens with one attached hydrogen (secondary N) is 1. The van der Waals surface area contributed by atoms with E-state index in [2.05, 4.69) is 5.32 Å². The molecule has 0 unspecified atom stereocenters. The molecule has 1 N–H and O–H groups in total. The average molecular weight is 535 g/mol. The van der Waals surface area contributed by atoms with Crippen molar-refractivity contribution in [2.75, 3.05) is 57.9 Å². The third-order valence-corrected chi connectivity index (χ3v) is 7.99. The molecule has 0 spiro atoms. The largest absolute Gasteiger partial charge is 0.493 e. The van der Waals surface area contributed by atoms with Gasteiger partial charge in [0.25, 0.3) is 0 Å². The number of morpholine rings is 1. The number of ether oxygens (including phenoxy) is 2. The van der Waals surface area contributed by atoms with Gasteiger partial charge in [0, 0.05) is 43.9 Å². The van der Waals surface area contributed by atoms with Crippen LogP contribution in [-0.4, -0.2) is 85.1 Å². The Kier molecular flexibility index (Phi) is 8.98. The molecule has 39 heavy (non-hydrogen) atoms. The Morgan fingerprint density at radius 1 is 0.872 bits per heavy atom. The second kappa shape index (κ2) is 13.0. The standard InChI is InChI=1S/C30H38N4O5/c35-28(32-14-17-38-18-15-32)19-23-12-13-33-20-24(23)8-6-16-39-27-11-5-4-7-25(27)21-34(22-29(33)36)30(37)31-26-9-2-1-3-10-26/h1-5,7,9-11,23-24H,6,8,12-22H2,(H,31,37)/t23-,24-/m0/s1. The van der Waals surface area contributed by atoms with E-state index in [1.807, 2.05) is 64.4 Å². The molecule has 2 saturated heterocycles. The zero-order valence-electron chi connectivity index (χ0n) is 22.4. The molecule has 5 rings (SSSR count). The smallest absolute Gasteiger partial charge is 0.322 e. The van der Waals surface area contributed by atoms with Crippen LogP contribution in [0.1, 0.15) is 31.2 Å². The lowest BCUT2D eigenvalue weighted by Crippen LogP contribution is -2.50. The number of amides is 4. The Bertz CT molecular complexity index is 1140. The fourth-order valence-corrected chi connectivity index (χ4v) is 5.76. The van der Waals surface area contributed by atoms with Gasteiger partial charge in [-0.3, -0.25) is 9.59 Å². The highest BCUT2D eigenvalue weighted by Gasteiger charge is 2.35. The van der Waals surface area contributed by atoms with Gasteiger partial charge in [-0.05, 0) is 49.3 Å². The molecule has 0 aliphatic carbocycles. The highest BCUT2D eigenvalue weighted by Crippen LogP contribution is 2.32. The van der Waals surface area contributed by atoms with Crippen molar-refractivity contribution in [2.45, 2.75) is 32.2 Å². The monoisotopic (exact) mass is 534 g/mol. The van der Waals surface area contributed by atoms with Gasteiger partial charge in [-0.25, -0.2) is 4.79 Å². The Labute approximate surface area is 230 Å². The SMILES string of the molecule is O=C(C[C@@H]1CCN2C[C@@H]1CCCOc1ccccc1CN(C(=O)Nc1ccccc1)CC2=O)N1CCOCC1. The molecule has 3 aliphatic heterocycles. The summed E-state index contributed by atoms with van der Waals surface area (Å²) in [6.45, 7) is 4.44. The normalized spacial score (nSPS) is 22.5. The first-order valence-electron chi connectivity index (χ1n) is 14.0. The molecule has 0 aromatic heterocycles. The number of rotatable bonds is 3. The van der Waals surface area contributed by atoms with Gasteiger partial charge in [0.1, 0.15) is 12.3 Å². The topological polar surface area (TPSA) is 91.4 Å². The zero-order valence-corrected chi connectivity index (χ0v) is 22.4. The van der Waals surface area contributed by atoms with Crippen molar-refractivity contribution in [1.82, 2.24) is 14.7 Å². The van der Waals surface area contributed by atoms with Crippen LogP contribution in [0.5, 0.6) is 5.75 Å². The summed E-state index contributed by atoms with van der Waals surface area (Å²) < 4.78 is 11.6. The number of para-hydroxylation sites is 2. The molecule has 2 aromatic rings. The number of hydrogen-bond donors (Lipinski definition) is 1. The number of urea groups is 1. The number of piperidine rings is 1. The number of carbonyl (C=O) groups excluding carboxylic acids is 3. The highest BCUT2D eigenvalue weighted by atomic mass is 16.5. The van der Waals surface area contributed by atoms with E-state index in [4.69, 9.17) is 9.47 Å². The number of anilines is 1. The molecule has 3 heterocycles. The number of hydrogen-bond acceptors (Lipinski definition) is 5. The van der Waals surface area contributed by atoms with Crippen LogP contribution in [-0.2, 0) is 20.9 Å². The van der Waals surface area contributed by atoms with Gasteiger partial charge in [-0.1, -0.05) is 36.4 Å². The van der Waals surface area contributed by atoms with Crippen molar-refractivity contribution in [3.8, 4) is 5.75 Å². The fraction of sp³-hybridized carbons (Fsp3) is 0.500. The summed E-state index contributed by atoms with van der Waals surface area (Å²) in [5.41, 5.74) is 1.54. The van der Waals surface area contributed by atoms with Crippen molar-refractivity contribution in [1.29, 1.82) is 0 Å². The maximum atomic E-state index is 13.6. The van der Waals surface area contributed by atoms with E-state index in [9.17, 15) is 14.4 Å². The summed E-state index contributed by atoms with van der Waals surface area (Å²) >= 11 is 0. The number of benzene rings is 2. The second-order valence-electron chi connectivity index (χ2n) is 10.6. The maximum Gasteiger partial charge on any atom is 0.322 e. The van der Waals surface area contributed by atoms with Crippen LogP contribution in [0, 0.1) is 11.8 Å². The minimum atomic E-state index is -0.332. The van der Waals surface area contributed by atoms with E-state index in [1.54, 1.807) is 4.90 Å². The molecule has 9 nitrogen and oxygen atoms in total. The van der Waals surface area contributed by atoms with Gasteiger partial charge in [0.15, 0.2) is 0 Å². The first-order valence-corrected chi connectivity index (χ1v) is 14.0. The van der Waals surface area contributed by atoms with Gasteiger partial charge in [-0.2, -0.15) is 0 Å². The third-order valence-electron chi connectivity index (χ3n) is 7.99. The summed E-state index contributed by atoms with van der Waals surface area (Å²) in [4.78, 5) is 45.3. The van der Waals surface area contributed by atoms with Crippen LogP contribution in [0.25, 0.3) is 0 Å². The van der Waals surface area contributed by atoms with E-state index in [1.165, 1.54) is 0 Å². The van der Waals surface area contributed by atoms with Crippen molar-refractivity contribution < 1.29 is 23.9 Å². The van der Waals surface area contributed by atoms with E-state index < -0.39 is 0 Å². The van der Waals surface area contributed by atoms with Crippen molar-refractivity contribution in [2.24, 2.45) is 11.8 Å². The Morgan fingerprint density at radius 3 is 2.46 bits per heavy atom. The first kappa shape index (κ1) is 27.0. The molecule has 2 fully saturated rings. The lowest BCUT2D eigenvalue weighted by atomic mass is 9.80. The second-order valence-corrected chi connectivity index (χ2v) is 10.6. The average Bonchev–Trinajstić information content (AvgIpc) is 2.97. The minimum absolute atomic E-state index is 0.0307. The summed E-state index contributed by atoms with van der Waals surface area (Å²) in [5.74, 6) is 1.26. The molecule has 3 aliphatic rings. The van der Waals surface area contributed by atoms with Gasteiger partial charge in [0.05, 0.1) is 26.4 Å². The molecule has 208 valence electrons. The van der Waals surface area contributed by atoms with E-state index in [0.717, 1.165) is 30.6 Å². The quantitative estimate of drug-likeness (QED) is 0.650. The maximum absolute atomic E-state index is 13.6. The van der Waals surface area contributed by atoms with Gasteiger partial charge < -0.3 is 29.5 Å². The van der Waals surface area contributed by atoms with Crippen LogP contribution in [0.3, 0.4) is 0 Å². The summed E-state index contributed by atoms with van der Waals surface area (Å²) in [7, 11) is 0. The molecular weight excluding hydrogens is 496 g/mol. The predicted octanol–water partition coefficient (Wildman–Crippen LogP) is 3.61. The number of nitrogens with zero attached hydrogens (tertiary/aromatic N) is 3. The summed E-state index contributed by atoms with van der Waals surface area (Å²) in [6, 6.07) is 16.6. The molecule has 2 atom stereocenters. The molecule has 4 amide bonds. The Hall–Kier alpha value is -3.59. The van der Waals surface area contributed by atoms with Gasteiger partial charge in [-0.15, -0.1) is 0 Å². The van der Waals surface area contributed by atoms with Crippen LogP contribution in [0.15, 0.2) is 54.6 Å². The zero-order chi connectivity index (χ0) is 27.0. The lowest BCUT2D eigenvalue weighted by Gasteiger charge is -2.40. The van der Waals surface area contributed by atoms with Crippen LogP contribution < -0.4 is 10.1 Å². The molecule has 0 saturated carbocycles. The fourth-order valence-electron chi connectivity index (χ4n) is 5.76. The lowest BCUT2D eigenvalue weighted by molar-refractivity contribution is -0.138. The van der Waals surface area contributed by atoms with E-state index >= 15 is 0 Å².